The highest BCUT2D eigenvalue weighted by molar-refractivity contribution is 9.10. The molecule has 36 heteroatoms. The van der Waals surface area contributed by atoms with Crippen molar-refractivity contribution in [3.63, 3.8) is 0 Å². The Morgan fingerprint density at radius 2 is 0.809 bits per heavy atom. The van der Waals surface area contributed by atoms with Gasteiger partial charge in [0.2, 0.25) is 35.2 Å². The summed E-state index contributed by atoms with van der Waals surface area (Å²) in [6, 6.07) is 87.3. The van der Waals surface area contributed by atoms with Crippen LogP contribution in [-0.2, 0) is 97.3 Å². The number of hydrogen-bond acceptors (Lipinski definition) is 28. The van der Waals surface area contributed by atoms with Crippen LogP contribution >= 0.6 is 15.9 Å². The first-order valence-electron chi connectivity index (χ1n) is 46.4. The number of rotatable bonds is 35. The molecule has 0 amide bonds. The van der Waals surface area contributed by atoms with E-state index in [0.717, 1.165) is 150 Å². The molecule has 0 bridgehead atoms. The summed E-state index contributed by atoms with van der Waals surface area (Å²) in [6.45, 7) is 14.8. The average Bonchev–Trinajstić information content (AvgIpc) is 1.62. The highest BCUT2D eigenvalue weighted by atomic mass is 79.9. The Bertz CT molecular complexity index is 7580. The molecule has 20 aromatic rings. The summed E-state index contributed by atoms with van der Waals surface area (Å²) in [4.78, 5) is 18.9. The van der Waals surface area contributed by atoms with E-state index in [4.69, 9.17) is 43.1 Å². The number of halogens is 4. The van der Waals surface area contributed by atoms with Crippen LogP contribution in [0.1, 0.15) is 121 Å². The lowest BCUT2D eigenvalue weighted by atomic mass is 9.93. The molecular weight excluding hydrogens is 1860 g/mol. The second kappa shape index (κ2) is 46.0. The molecule has 0 saturated heterocycles. The summed E-state index contributed by atoms with van der Waals surface area (Å²) in [6.07, 6.45) is 3.20. The largest absolute Gasteiger partial charge is 0.470 e. The SMILES string of the molecule is Cc1cc(-c2nnc3c4c(c(OCc5cccc(CNCCc6ccccc6)n5)nn23)CCCC4)no1.Cc1cc(-c2nnc3ccc(OCc4cccc(CNCCc5ccccc5)n4)nn23)no1.Cc1cc(CCNCc2cccc(COc3nn4c(C(F)(F)F)nnc4c4ccccc34)n2)ccc1Br.Cc1nnc2cc(-c3ccccc3)c(OCc3cccc(CNCCc4ccccc4)n3)nn12. The van der Waals surface area contributed by atoms with Crippen molar-refractivity contribution in [1.82, 2.24) is 131 Å². The van der Waals surface area contributed by atoms with E-state index in [2.05, 4.69) is 211 Å². The molecule has 141 heavy (non-hydrogen) atoms. The van der Waals surface area contributed by atoms with Crippen LogP contribution in [0.3, 0.4) is 0 Å². The van der Waals surface area contributed by atoms with E-state index in [1.807, 2.05) is 148 Å². The Hall–Kier alpha value is -15.9. The monoisotopic (exact) mass is 1960 g/mol. The van der Waals surface area contributed by atoms with Gasteiger partial charge in [-0.15, -0.1) is 61.2 Å². The van der Waals surface area contributed by atoms with Crippen molar-refractivity contribution in [2.45, 2.75) is 138 Å². The molecule has 6 aromatic carbocycles. The van der Waals surface area contributed by atoms with Crippen molar-refractivity contribution in [2.24, 2.45) is 0 Å². The predicted octanol–water partition coefficient (Wildman–Crippen LogP) is 17.7. The van der Waals surface area contributed by atoms with Gasteiger partial charge >= 0.3 is 6.18 Å². The standard InChI is InChI=1S/C28H29N7O2.C27H26N6O.C26H22BrF3N6O.C24H23N7O2/c1-19-16-25(34-37-19)27-32-31-26-23-12-5-6-13-24(23)28(33-35(26)27)36-18-22-11-7-10-21(30-22)17-29-15-14-20-8-3-2-4-9-20;1-20-30-31-26-17-25(22-11-6-3-7-12-22)27(32-33(20)26)34-19-24-14-8-13-23(29-24)18-28-16-15-21-9-4-2-5-10-21;1-16-13-17(9-10-22(16)27)11-12-31-14-18-5-4-6-19(32-18)15-37-24-21-8-3-2-7-20(21)23-33-34-25(26(28,29)30)36(23)35-24;1-17-14-21(30-33-17)24-28-27-22-10-11-23(29-31(22)24)32-16-20-9-5-8-19(26-20)15-25-13-12-18-6-3-2-4-7-18/h2-4,7-11,16,29H,5-6,12-15,17-18H2,1H3;2-14,17,28H,15-16,18-19H2,1H3;2-10,13,31H,11-12,14-15H2,1H3;2-11,14,25H,12-13,15-16H2,1H3. The summed E-state index contributed by atoms with van der Waals surface area (Å²) in [5, 5.41) is 73.4. The van der Waals surface area contributed by atoms with E-state index in [9.17, 15) is 13.2 Å². The molecule has 32 nitrogen and oxygen atoms in total. The number of hydrogen-bond donors (Lipinski definition) is 4. The number of aromatic nitrogens is 22. The van der Waals surface area contributed by atoms with Crippen molar-refractivity contribution in [3.8, 4) is 57.7 Å². The zero-order valence-corrected chi connectivity index (χ0v) is 79.4. The van der Waals surface area contributed by atoms with Crippen LogP contribution in [0.25, 0.3) is 67.5 Å². The van der Waals surface area contributed by atoms with E-state index < -0.39 is 12.0 Å². The molecule has 1 aliphatic rings. The summed E-state index contributed by atoms with van der Waals surface area (Å²) >= 11 is 3.52. The minimum atomic E-state index is -4.70. The molecule has 4 N–H and O–H groups in total. The third kappa shape index (κ3) is 25.0. The van der Waals surface area contributed by atoms with Crippen molar-refractivity contribution >= 4 is 49.3 Å². The lowest BCUT2D eigenvalue weighted by Gasteiger charge is -2.19. The predicted molar refractivity (Wildman–Crippen MR) is 527 cm³/mol. The van der Waals surface area contributed by atoms with Crippen LogP contribution < -0.4 is 40.2 Å². The fraction of sp³-hybridized carbons (Fsp3) is 0.238. The summed E-state index contributed by atoms with van der Waals surface area (Å²) in [5.74, 6) is 3.56. The number of fused-ring (bicyclic) bond motifs is 8. The lowest BCUT2D eigenvalue weighted by molar-refractivity contribution is -0.146. The van der Waals surface area contributed by atoms with E-state index in [1.54, 1.807) is 62.1 Å². The number of ether oxygens (including phenoxy) is 4. The smallest absolute Gasteiger partial charge is 0.453 e. The lowest BCUT2D eigenvalue weighted by Crippen LogP contribution is -2.18. The molecule has 0 unspecified atom stereocenters. The zero-order valence-electron chi connectivity index (χ0n) is 77.8. The second-order valence-corrected chi connectivity index (χ2v) is 34.4. The summed E-state index contributed by atoms with van der Waals surface area (Å²) < 4.78 is 81.6. The average molecular weight is 1960 g/mol. The highest BCUT2D eigenvalue weighted by Crippen LogP contribution is 2.36. The van der Waals surface area contributed by atoms with E-state index in [1.165, 1.54) is 27.8 Å². The highest BCUT2D eigenvalue weighted by Gasteiger charge is 2.39. The van der Waals surface area contributed by atoms with Crippen molar-refractivity contribution < 1.29 is 41.2 Å². The van der Waals surface area contributed by atoms with Crippen LogP contribution in [0, 0.1) is 27.7 Å². The third-order valence-corrected chi connectivity index (χ3v) is 24.0. The molecule has 14 heterocycles. The quantitative estimate of drug-likeness (QED) is 0.0268. The molecule has 0 aliphatic heterocycles. The van der Waals surface area contributed by atoms with Crippen LogP contribution in [-0.4, -0.2) is 136 Å². The van der Waals surface area contributed by atoms with Crippen LogP contribution in [0.15, 0.2) is 280 Å². The normalized spacial score (nSPS) is 11.9. The molecular formula is C105H100BrF3N26O6. The molecule has 1 aliphatic carbocycles. The third-order valence-electron chi connectivity index (χ3n) is 23.1. The van der Waals surface area contributed by atoms with Gasteiger partial charge < -0.3 is 49.3 Å². The maximum Gasteiger partial charge on any atom is 0.453 e. The minimum Gasteiger partial charge on any atom is -0.470 e. The van der Waals surface area contributed by atoms with Gasteiger partial charge in [0.15, 0.2) is 39.8 Å². The van der Waals surface area contributed by atoms with Gasteiger partial charge in [-0.3, -0.25) is 19.9 Å². The van der Waals surface area contributed by atoms with Gasteiger partial charge in [0.25, 0.3) is 5.82 Å². The van der Waals surface area contributed by atoms with Gasteiger partial charge in [-0.25, -0.2) is 0 Å². The maximum absolute atomic E-state index is 13.4. The second-order valence-electron chi connectivity index (χ2n) is 33.6. The Kier molecular flexibility index (Phi) is 31.2. The number of alkyl halides is 3. The molecule has 0 fully saturated rings. The van der Waals surface area contributed by atoms with Crippen LogP contribution in [0.4, 0.5) is 13.2 Å². The Balaban J connectivity index is 0.000000124. The van der Waals surface area contributed by atoms with E-state index >= 15 is 0 Å². The first-order valence-corrected chi connectivity index (χ1v) is 47.2. The van der Waals surface area contributed by atoms with E-state index in [0.29, 0.717) is 136 Å². The van der Waals surface area contributed by atoms with Crippen LogP contribution in [0.5, 0.6) is 23.5 Å². The van der Waals surface area contributed by atoms with Crippen molar-refractivity contribution in [2.75, 3.05) is 26.2 Å². The van der Waals surface area contributed by atoms with Crippen molar-refractivity contribution in [1.29, 1.82) is 0 Å². The van der Waals surface area contributed by atoms with Gasteiger partial charge in [0, 0.05) is 76.3 Å². The molecule has 0 radical (unpaired) electrons. The van der Waals surface area contributed by atoms with Gasteiger partial charge in [-0.05, 0) is 211 Å². The maximum atomic E-state index is 13.4. The fourth-order valence-electron chi connectivity index (χ4n) is 16.0. The Morgan fingerprint density at radius 3 is 1.33 bits per heavy atom. The first-order chi connectivity index (χ1) is 69.0. The molecule has 21 rings (SSSR count). The number of aryl methyl sites for hydroxylation is 5. The molecule has 0 saturated carbocycles. The number of pyridine rings is 4. The van der Waals surface area contributed by atoms with Gasteiger partial charge in [-0.1, -0.05) is 202 Å². The number of nitrogens with zero attached hydrogens (tertiary/aromatic N) is 22. The molecule has 0 spiro atoms. The topological polar surface area (TPSA) is 361 Å². The summed E-state index contributed by atoms with van der Waals surface area (Å²) in [5.41, 5.74) is 20.8. The van der Waals surface area contributed by atoms with E-state index in [-0.39, 0.29) is 18.1 Å². The Labute approximate surface area is 817 Å². The molecule has 0 atom stereocenters. The first kappa shape index (κ1) is 95.4. The molecule has 714 valence electrons. The van der Waals surface area contributed by atoms with Crippen molar-refractivity contribution in [3.05, 3.63) is 379 Å². The fourth-order valence-corrected chi connectivity index (χ4v) is 16.3. The van der Waals surface area contributed by atoms with Gasteiger partial charge in [-0.2, -0.15) is 31.2 Å². The number of nitrogens with one attached hydrogen (secondary N) is 4. The number of benzene rings is 6. The minimum absolute atomic E-state index is 0.0137. The molecule has 14 aromatic heterocycles. The zero-order chi connectivity index (χ0) is 96.6. The van der Waals surface area contributed by atoms with Crippen LogP contribution in [0.2, 0.25) is 0 Å². The Morgan fingerprint density at radius 1 is 0.362 bits per heavy atom. The van der Waals surface area contributed by atoms with Gasteiger partial charge in [0.1, 0.15) is 37.9 Å². The van der Waals surface area contributed by atoms with Gasteiger partial charge in [0.05, 0.1) is 45.6 Å². The summed E-state index contributed by atoms with van der Waals surface area (Å²) in [7, 11) is 0.